The third-order valence-corrected chi connectivity index (χ3v) is 7.26. The number of hydrazone groups is 1. The van der Waals surface area contributed by atoms with Crippen LogP contribution in [0.1, 0.15) is 56.6 Å². The summed E-state index contributed by atoms with van der Waals surface area (Å²) < 4.78 is 41.2. The maximum atomic E-state index is 14.2. The first kappa shape index (κ1) is 21.5. The number of nitrogens with zero attached hydrogens (tertiary/aromatic N) is 5. The number of hydrogen-bond acceptors (Lipinski definition) is 5. The number of allylic oxidation sites excluding steroid dienone is 2. The summed E-state index contributed by atoms with van der Waals surface area (Å²) in [5.41, 5.74) is 1.29. The maximum absolute atomic E-state index is 14.2. The van der Waals surface area contributed by atoms with Crippen LogP contribution in [0.25, 0.3) is 0 Å². The molecule has 2 aliphatic carbocycles. The van der Waals surface area contributed by atoms with Gasteiger partial charge in [0.2, 0.25) is 6.43 Å². The van der Waals surface area contributed by atoms with Gasteiger partial charge in [0.05, 0.1) is 24.0 Å². The molecule has 9 heteroatoms. The highest BCUT2D eigenvalue weighted by Crippen LogP contribution is 2.40. The van der Waals surface area contributed by atoms with Crippen LogP contribution in [0.5, 0.6) is 0 Å². The zero-order valence-corrected chi connectivity index (χ0v) is 18.3. The summed E-state index contributed by atoms with van der Waals surface area (Å²) in [6.45, 7) is 0. The van der Waals surface area contributed by atoms with Gasteiger partial charge in [-0.3, -0.25) is 9.98 Å². The van der Waals surface area contributed by atoms with E-state index in [9.17, 15) is 13.2 Å². The summed E-state index contributed by atoms with van der Waals surface area (Å²) in [6.07, 6.45) is 8.77. The van der Waals surface area contributed by atoms with Crippen molar-refractivity contribution >= 4 is 23.7 Å². The van der Waals surface area contributed by atoms with Gasteiger partial charge in [-0.05, 0) is 56.7 Å². The van der Waals surface area contributed by atoms with Crippen molar-refractivity contribution < 1.29 is 13.2 Å². The first-order chi connectivity index (χ1) is 15.5. The Morgan fingerprint density at radius 2 is 1.97 bits per heavy atom. The summed E-state index contributed by atoms with van der Waals surface area (Å²) in [5, 5.41) is 7.21. The molecule has 4 aliphatic rings. The average Bonchev–Trinajstić information content (AvgIpc) is 3.14. The standard InChI is InChI=1S/C23H25ClF3N5/c24-15-5-8-17-19(10-15)29-12-22-31(20(17)11-21(26)27)13-30-32(22)16-6-3-14(4-7-16)23-18(25)2-1-9-28-23/h1-2,9-10,12-14,16-17,20-21H,3-8,11H2. The molecular formula is C23H25ClF3N5. The molecule has 1 aromatic rings. The molecule has 2 atom stereocenters. The van der Waals surface area contributed by atoms with Crippen molar-refractivity contribution in [3.63, 3.8) is 0 Å². The third kappa shape index (κ3) is 4.05. The molecule has 3 heterocycles. The van der Waals surface area contributed by atoms with Gasteiger partial charge in [0, 0.05) is 35.2 Å². The summed E-state index contributed by atoms with van der Waals surface area (Å²) >= 11 is 6.22. The van der Waals surface area contributed by atoms with Crippen LogP contribution in [0.3, 0.4) is 0 Å². The number of hydrogen-bond donors (Lipinski definition) is 0. The van der Waals surface area contributed by atoms with E-state index in [1.54, 1.807) is 24.8 Å². The first-order valence-electron chi connectivity index (χ1n) is 11.2. The van der Waals surface area contributed by atoms with Gasteiger partial charge < -0.3 is 4.90 Å². The van der Waals surface area contributed by atoms with Crippen LogP contribution >= 0.6 is 11.6 Å². The van der Waals surface area contributed by atoms with Crippen molar-refractivity contribution in [3.8, 4) is 0 Å². The summed E-state index contributed by atoms with van der Waals surface area (Å²) in [4.78, 5) is 10.8. The molecule has 170 valence electrons. The number of aromatic nitrogens is 1. The first-order valence-corrected chi connectivity index (χ1v) is 11.5. The summed E-state index contributed by atoms with van der Waals surface area (Å²) in [6, 6.07) is 2.75. The molecule has 0 radical (unpaired) electrons. The minimum absolute atomic E-state index is 0.0835. The molecule has 1 fully saturated rings. The summed E-state index contributed by atoms with van der Waals surface area (Å²) in [5.74, 6) is 0.442. The Balaban J connectivity index is 1.36. The molecule has 32 heavy (non-hydrogen) atoms. The average molecular weight is 464 g/mol. The molecular weight excluding hydrogens is 439 g/mol. The number of halogens is 4. The Hall–Kier alpha value is -2.35. The van der Waals surface area contributed by atoms with Crippen molar-refractivity contribution in [2.24, 2.45) is 16.0 Å². The normalized spacial score (nSPS) is 29.8. The second-order valence-corrected chi connectivity index (χ2v) is 9.32. The van der Waals surface area contributed by atoms with E-state index >= 15 is 0 Å². The third-order valence-electron chi connectivity index (χ3n) is 6.97. The van der Waals surface area contributed by atoms with Gasteiger partial charge in [-0.25, -0.2) is 18.2 Å². The molecule has 5 nitrogen and oxygen atoms in total. The second kappa shape index (κ2) is 8.89. The van der Waals surface area contributed by atoms with E-state index in [1.807, 2.05) is 16.0 Å². The summed E-state index contributed by atoms with van der Waals surface area (Å²) in [7, 11) is 0. The van der Waals surface area contributed by atoms with Crippen LogP contribution in [0.2, 0.25) is 0 Å². The van der Waals surface area contributed by atoms with Gasteiger partial charge in [-0.2, -0.15) is 5.10 Å². The zero-order chi connectivity index (χ0) is 22.2. The second-order valence-electron chi connectivity index (χ2n) is 8.83. The van der Waals surface area contributed by atoms with E-state index in [0.717, 1.165) is 37.2 Å². The highest BCUT2D eigenvalue weighted by molar-refractivity contribution is 6.31. The predicted molar refractivity (Wildman–Crippen MR) is 118 cm³/mol. The molecule has 0 amide bonds. The van der Waals surface area contributed by atoms with Gasteiger partial charge in [0.1, 0.15) is 18.0 Å². The highest BCUT2D eigenvalue weighted by Gasteiger charge is 2.42. The van der Waals surface area contributed by atoms with Crippen LogP contribution in [0, 0.1) is 11.7 Å². The minimum Gasteiger partial charge on any atom is -0.311 e. The fourth-order valence-electron chi connectivity index (χ4n) is 5.39. The molecule has 2 aliphatic heterocycles. The molecule has 0 saturated heterocycles. The van der Waals surface area contributed by atoms with Crippen LogP contribution in [-0.4, -0.2) is 45.5 Å². The quantitative estimate of drug-likeness (QED) is 0.582. The lowest BCUT2D eigenvalue weighted by Crippen LogP contribution is -2.44. The number of alkyl halides is 2. The Kier molecular flexibility index (Phi) is 5.97. The minimum atomic E-state index is -2.42. The van der Waals surface area contributed by atoms with E-state index in [1.165, 1.54) is 6.07 Å². The fourth-order valence-corrected chi connectivity index (χ4v) is 5.61. The van der Waals surface area contributed by atoms with Crippen molar-refractivity contribution in [1.29, 1.82) is 0 Å². The van der Waals surface area contributed by atoms with Crippen molar-refractivity contribution in [2.75, 3.05) is 0 Å². The highest BCUT2D eigenvalue weighted by atomic mass is 35.5. The van der Waals surface area contributed by atoms with E-state index in [4.69, 9.17) is 11.6 Å². The predicted octanol–water partition coefficient (Wildman–Crippen LogP) is 5.62. The van der Waals surface area contributed by atoms with Gasteiger partial charge >= 0.3 is 0 Å². The Morgan fingerprint density at radius 3 is 2.72 bits per heavy atom. The van der Waals surface area contributed by atoms with Gasteiger partial charge in [0.15, 0.2) is 0 Å². The zero-order valence-electron chi connectivity index (χ0n) is 17.5. The molecule has 0 bridgehead atoms. The smallest absolute Gasteiger partial charge is 0.240 e. The number of pyridine rings is 1. The van der Waals surface area contributed by atoms with Crippen molar-refractivity contribution in [3.05, 3.63) is 53.0 Å². The maximum Gasteiger partial charge on any atom is 0.240 e. The molecule has 5 rings (SSSR count). The number of fused-ring (bicyclic) bond motifs is 2. The molecule has 1 aromatic heterocycles. The fraction of sp³-hybridized carbons (Fsp3) is 0.522. The Morgan fingerprint density at radius 1 is 1.16 bits per heavy atom. The van der Waals surface area contributed by atoms with Crippen molar-refractivity contribution in [2.45, 2.75) is 69.4 Å². The van der Waals surface area contributed by atoms with E-state index in [-0.39, 0.29) is 30.1 Å². The monoisotopic (exact) mass is 463 g/mol. The van der Waals surface area contributed by atoms with E-state index in [0.29, 0.717) is 23.6 Å². The van der Waals surface area contributed by atoms with Crippen LogP contribution in [0.15, 0.2) is 51.6 Å². The Labute approximate surface area is 190 Å². The molecule has 1 saturated carbocycles. The van der Waals surface area contributed by atoms with Crippen LogP contribution in [-0.2, 0) is 0 Å². The molecule has 2 unspecified atom stereocenters. The van der Waals surface area contributed by atoms with Crippen LogP contribution < -0.4 is 0 Å². The van der Waals surface area contributed by atoms with E-state index < -0.39 is 12.5 Å². The SMILES string of the molecule is Fc1cccnc1C1CCC(N2N=CN3C2=CN=C2C=C(Cl)CCC2C3CC(F)F)CC1. The van der Waals surface area contributed by atoms with Gasteiger partial charge in [0.25, 0.3) is 0 Å². The topological polar surface area (TPSA) is 44.1 Å². The van der Waals surface area contributed by atoms with Gasteiger partial charge in [-0.15, -0.1) is 0 Å². The molecule has 0 spiro atoms. The number of aliphatic imine (C=N–C) groups is 1. The van der Waals surface area contributed by atoms with E-state index in [2.05, 4.69) is 15.1 Å². The molecule has 0 N–H and O–H groups in total. The Bertz CT molecular complexity index is 984. The lowest BCUT2D eigenvalue weighted by atomic mass is 9.83. The van der Waals surface area contributed by atoms with Crippen LogP contribution in [0.4, 0.5) is 13.2 Å². The lowest BCUT2D eigenvalue weighted by Gasteiger charge is -2.38. The molecule has 0 aromatic carbocycles. The lowest BCUT2D eigenvalue weighted by molar-refractivity contribution is 0.0911. The van der Waals surface area contributed by atoms with Gasteiger partial charge in [-0.1, -0.05) is 11.6 Å². The largest absolute Gasteiger partial charge is 0.311 e. The number of rotatable bonds is 4. The van der Waals surface area contributed by atoms with Crippen molar-refractivity contribution in [1.82, 2.24) is 14.9 Å².